The number of aryl methyl sites for hydroxylation is 2. The third kappa shape index (κ3) is 3.23. The van der Waals surface area contributed by atoms with Gasteiger partial charge in [0.25, 0.3) is 0 Å². The Morgan fingerprint density at radius 2 is 2.16 bits per heavy atom. The van der Waals surface area contributed by atoms with Crippen LogP contribution in [0.3, 0.4) is 0 Å². The van der Waals surface area contributed by atoms with E-state index in [0.29, 0.717) is 0 Å². The Bertz CT molecular complexity index is 564. The van der Waals surface area contributed by atoms with Crippen LogP contribution in [0.25, 0.3) is 11.4 Å². The van der Waals surface area contributed by atoms with Gasteiger partial charge in [-0.1, -0.05) is 13.8 Å². The van der Waals surface area contributed by atoms with Crippen molar-refractivity contribution >= 4 is 28.4 Å². The normalized spacial score (nSPS) is 10.7. The zero-order valence-corrected chi connectivity index (χ0v) is 13.6. The van der Waals surface area contributed by atoms with Crippen LogP contribution < -0.4 is 5.32 Å². The van der Waals surface area contributed by atoms with E-state index >= 15 is 0 Å². The zero-order valence-electron chi connectivity index (χ0n) is 11.4. The maximum absolute atomic E-state index is 4.62. The van der Waals surface area contributed by atoms with Crippen molar-refractivity contribution in [2.75, 3.05) is 11.9 Å². The monoisotopic (exact) mass is 371 g/mol. The van der Waals surface area contributed by atoms with Crippen molar-refractivity contribution in [1.29, 1.82) is 0 Å². The van der Waals surface area contributed by atoms with E-state index in [-0.39, 0.29) is 0 Å². The van der Waals surface area contributed by atoms with Crippen molar-refractivity contribution in [2.45, 2.75) is 26.7 Å². The van der Waals surface area contributed by atoms with Crippen LogP contribution in [0.15, 0.2) is 12.4 Å². The Kier molecular flexibility index (Phi) is 4.73. The van der Waals surface area contributed by atoms with Gasteiger partial charge in [-0.15, -0.1) is 0 Å². The summed E-state index contributed by atoms with van der Waals surface area (Å²) in [5.74, 6) is 1.64. The molecule has 0 fully saturated rings. The van der Waals surface area contributed by atoms with Gasteiger partial charge in [0.1, 0.15) is 5.82 Å². The van der Waals surface area contributed by atoms with Gasteiger partial charge in [0, 0.05) is 26.0 Å². The lowest BCUT2D eigenvalue weighted by atomic mass is 10.2. The number of nitrogens with zero attached hydrogens (tertiary/aromatic N) is 4. The molecule has 0 spiro atoms. The number of hydrogen-bond donors (Lipinski definition) is 1. The summed E-state index contributed by atoms with van der Waals surface area (Å²) in [6.07, 6.45) is 5.78. The second kappa shape index (κ2) is 6.31. The molecule has 0 radical (unpaired) electrons. The Morgan fingerprint density at radius 3 is 2.84 bits per heavy atom. The molecule has 0 aliphatic rings. The Balaban J connectivity index is 2.39. The minimum absolute atomic E-state index is 0.740. The van der Waals surface area contributed by atoms with E-state index in [9.17, 15) is 0 Å². The Hall–Kier alpha value is -1.18. The lowest BCUT2D eigenvalue weighted by molar-refractivity contribution is 0.746. The third-order valence-corrected chi connectivity index (χ3v) is 3.56. The highest BCUT2D eigenvalue weighted by Gasteiger charge is 2.13. The maximum atomic E-state index is 4.62. The standard InChI is InChI=1S/C13H18IN5/c1-4-6-15-13-10(14)7-16-12(17-13)9-8-19(3)18-11(9)5-2/h7-8H,4-6H2,1-3H3,(H,15,16,17). The molecule has 2 rings (SSSR count). The van der Waals surface area contributed by atoms with Crippen molar-refractivity contribution in [1.82, 2.24) is 19.7 Å². The van der Waals surface area contributed by atoms with Crippen molar-refractivity contribution in [3.05, 3.63) is 21.7 Å². The van der Waals surface area contributed by atoms with Gasteiger partial charge in [-0.05, 0) is 35.4 Å². The molecule has 0 aliphatic carbocycles. The van der Waals surface area contributed by atoms with E-state index in [1.807, 2.05) is 24.1 Å². The molecule has 6 heteroatoms. The summed E-state index contributed by atoms with van der Waals surface area (Å²) in [7, 11) is 1.92. The van der Waals surface area contributed by atoms with Crippen LogP contribution in [0, 0.1) is 3.57 Å². The summed E-state index contributed by atoms with van der Waals surface area (Å²) in [6.45, 7) is 5.15. The summed E-state index contributed by atoms with van der Waals surface area (Å²) < 4.78 is 2.85. The van der Waals surface area contributed by atoms with E-state index in [1.165, 1.54) is 0 Å². The van der Waals surface area contributed by atoms with Crippen LogP contribution in [0.2, 0.25) is 0 Å². The molecule has 2 aromatic rings. The molecule has 0 bridgehead atoms. The van der Waals surface area contributed by atoms with Crippen LogP contribution in [-0.2, 0) is 13.5 Å². The topological polar surface area (TPSA) is 55.6 Å². The molecule has 19 heavy (non-hydrogen) atoms. The number of hydrogen-bond acceptors (Lipinski definition) is 4. The third-order valence-electron chi connectivity index (χ3n) is 2.77. The zero-order chi connectivity index (χ0) is 13.8. The van der Waals surface area contributed by atoms with Crippen molar-refractivity contribution in [2.24, 2.45) is 7.05 Å². The maximum Gasteiger partial charge on any atom is 0.165 e. The van der Waals surface area contributed by atoms with Crippen LogP contribution >= 0.6 is 22.6 Å². The van der Waals surface area contributed by atoms with E-state index in [0.717, 1.165) is 45.9 Å². The van der Waals surface area contributed by atoms with Gasteiger partial charge in [-0.2, -0.15) is 5.10 Å². The highest BCUT2D eigenvalue weighted by Crippen LogP contribution is 2.23. The SMILES string of the molecule is CCCNc1nc(-c2cn(C)nc2CC)ncc1I. The van der Waals surface area contributed by atoms with Gasteiger partial charge in [-0.25, -0.2) is 9.97 Å². The summed E-state index contributed by atoms with van der Waals surface area (Å²) in [5, 5.41) is 7.77. The molecule has 0 unspecified atom stereocenters. The van der Waals surface area contributed by atoms with Crippen molar-refractivity contribution in [3.8, 4) is 11.4 Å². The second-order valence-electron chi connectivity index (χ2n) is 4.33. The first kappa shape index (κ1) is 14.2. The van der Waals surface area contributed by atoms with E-state index < -0.39 is 0 Å². The van der Waals surface area contributed by atoms with Crippen LogP contribution in [0.1, 0.15) is 26.0 Å². The smallest absolute Gasteiger partial charge is 0.165 e. The molecule has 2 aromatic heterocycles. The average molecular weight is 371 g/mol. The van der Waals surface area contributed by atoms with E-state index in [4.69, 9.17) is 0 Å². The highest BCUT2D eigenvalue weighted by molar-refractivity contribution is 14.1. The quantitative estimate of drug-likeness (QED) is 0.822. The molecule has 102 valence electrons. The molecule has 0 aromatic carbocycles. The fraction of sp³-hybridized carbons (Fsp3) is 0.462. The fourth-order valence-corrected chi connectivity index (χ4v) is 2.30. The number of aromatic nitrogens is 4. The molecule has 0 saturated carbocycles. The van der Waals surface area contributed by atoms with Gasteiger partial charge in [0.15, 0.2) is 5.82 Å². The first-order valence-electron chi connectivity index (χ1n) is 6.45. The lowest BCUT2D eigenvalue weighted by Gasteiger charge is -2.07. The van der Waals surface area contributed by atoms with Gasteiger partial charge in [0.2, 0.25) is 0 Å². The molecule has 0 aliphatic heterocycles. The molecule has 0 atom stereocenters. The summed E-state index contributed by atoms with van der Waals surface area (Å²) in [4.78, 5) is 9.05. The number of halogens is 1. The molecule has 2 heterocycles. The van der Waals surface area contributed by atoms with Gasteiger partial charge in [0.05, 0.1) is 14.8 Å². The van der Waals surface area contributed by atoms with Gasteiger partial charge < -0.3 is 5.32 Å². The highest BCUT2D eigenvalue weighted by atomic mass is 127. The van der Waals surface area contributed by atoms with E-state index in [1.54, 1.807) is 0 Å². The van der Waals surface area contributed by atoms with Crippen LogP contribution in [-0.4, -0.2) is 26.3 Å². The summed E-state index contributed by atoms with van der Waals surface area (Å²) >= 11 is 2.25. The largest absolute Gasteiger partial charge is 0.369 e. The fourth-order valence-electron chi connectivity index (χ4n) is 1.85. The minimum atomic E-state index is 0.740. The number of rotatable bonds is 5. The second-order valence-corrected chi connectivity index (χ2v) is 5.50. The number of nitrogens with one attached hydrogen (secondary N) is 1. The first-order valence-corrected chi connectivity index (χ1v) is 7.52. The van der Waals surface area contributed by atoms with Crippen molar-refractivity contribution in [3.63, 3.8) is 0 Å². The molecular weight excluding hydrogens is 353 g/mol. The van der Waals surface area contributed by atoms with Gasteiger partial charge >= 0.3 is 0 Å². The summed E-state index contributed by atoms with van der Waals surface area (Å²) in [6, 6.07) is 0. The molecule has 5 nitrogen and oxygen atoms in total. The molecule has 1 N–H and O–H groups in total. The molecule has 0 amide bonds. The lowest BCUT2D eigenvalue weighted by Crippen LogP contribution is -2.05. The Labute approximate surface area is 127 Å². The van der Waals surface area contributed by atoms with Crippen molar-refractivity contribution < 1.29 is 0 Å². The van der Waals surface area contributed by atoms with E-state index in [2.05, 4.69) is 56.8 Å². The molecule has 0 saturated heterocycles. The van der Waals surface area contributed by atoms with Crippen LogP contribution in [0.5, 0.6) is 0 Å². The predicted octanol–water partition coefficient (Wildman–Crippen LogP) is 2.87. The predicted molar refractivity (Wildman–Crippen MR) is 85.1 cm³/mol. The van der Waals surface area contributed by atoms with Crippen LogP contribution in [0.4, 0.5) is 5.82 Å². The average Bonchev–Trinajstić information content (AvgIpc) is 2.79. The summed E-state index contributed by atoms with van der Waals surface area (Å²) in [5.41, 5.74) is 2.05. The number of anilines is 1. The van der Waals surface area contributed by atoms with Gasteiger partial charge in [-0.3, -0.25) is 4.68 Å². The minimum Gasteiger partial charge on any atom is -0.369 e. The first-order chi connectivity index (χ1) is 9.15. The Morgan fingerprint density at radius 1 is 1.37 bits per heavy atom. The molecular formula is C13H18IN5.